The minimum atomic E-state index is 0.306. The highest BCUT2D eigenvalue weighted by Gasteiger charge is 2.26. The Morgan fingerprint density at radius 2 is 2.25 bits per heavy atom. The van der Waals surface area contributed by atoms with Crippen molar-refractivity contribution in [1.29, 1.82) is 0 Å². The highest BCUT2D eigenvalue weighted by molar-refractivity contribution is 5.43. The second kappa shape index (κ2) is 7.26. The van der Waals surface area contributed by atoms with Crippen LogP contribution in [-0.2, 0) is 6.54 Å². The lowest BCUT2D eigenvalue weighted by Crippen LogP contribution is -2.34. The van der Waals surface area contributed by atoms with Crippen molar-refractivity contribution < 1.29 is 9.84 Å². The summed E-state index contributed by atoms with van der Waals surface area (Å²) in [5, 5.41) is 17.7. The number of methoxy groups -OCH3 is 1. The Bertz CT molecular complexity index is 681. The van der Waals surface area contributed by atoms with Gasteiger partial charge in [-0.05, 0) is 43.0 Å². The fourth-order valence-electron chi connectivity index (χ4n) is 3.66. The molecule has 0 spiro atoms. The number of likely N-dealkylation sites (tertiary alicyclic amines) is 1. The van der Waals surface area contributed by atoms with Crippen LogP contribution in [0.15, 0.2) is 24.4 Å². The molecule has 1 aromatic heterocycles. The fourth-order valence-corrected chi connectivity index (χ4v) is 3.66. The zero-order chi connectivity index (χ0) is 17.1. The number of nitrogens with one attached hydrogen (secondary N) is 1. The van der Waals surface area contributed by atoms with Crippen molar-refractivity contribution in [2.45, 2.75) is 45.1 Å². The first kappa shape index (κ1) is 16.8. The van der Waals surface area contributed by atoms with E-state index in [2.05, 4.69) is 28.9 Å². The zero-order valence-corrected chi connectivity index (χ0v) is 14.7. The van der Waals surface area contributed by atoms with Crippen LogP contribution in [0.2, 0.25) is 0 Å². The molecular formula is C19H27N3O2. The van der Waals surface area contributed by atoms with Gasteiger partial charge in [0.05, 0.1) is 13.3 Å². The van der Waals surface area contributed by atoms with E-state index in [1.165, 1.54) is 17.7 Å². The standard InChI is InChI=1S/C19H27N3O2/c1-13(2)15-10-20-21-19(15)14-6-5-9-22(11-14)12-16-17(23)7-4-8-18(16)24-3/h4,7-8,10,13-14,23H,5-6,9,11-12H2,1-3H3,(H,20,21)/t14-/m0/s1. The summed E-state index contributed by atoms with van der Waals surface area (Å²) in [7, 11) is 1.65. The molecule has 1 aliphatic rings. The normalized spacial score (nSPS) is 18.9. The number of aromatic nitrogens is 2. The summed E-state index contributed by atoms with van der Waals surface area (Å²) >= 11 is 0. The smallest absolute Gasteiger partial charge is 0.127 e. The number of phenolic OH excluding ortho intramolecular Hbond substituents is 1. The van der Waals surface area contributed by atoms with Crippen molar-refractivity contribution in [3.63, 3.8) is 0 Å². The first-order chi connectivity index (χ1) is 11.6. The summed E-state index contributed by atoms with van der Waals surface area (Å²) in [5.41, 5.74) is 3.47. The summed E-state index contributed by atoms with van der Waals surface area (Å²) in [6.07, 6.45) is 4.29. The maximum Gasteiger partial charge on any atom is 0.127 e. The SMILES string of the molecule is COc1cccc(O)c1CN1CCC[C@H](c2[nH]ncc2C(C)C)C1. The first-order valence-corrected chi connectivity index (χ1v) is 8.70. The van der Waals surface area contributed by atoms with Crippen LogP contribution in [-0.4, -0.2) is 40.4 Å². The molecule has 1 fully saturated rings. The van der Waals surface area contributed by atoms with Crippen molar-refractivity contribution >= 4 is 0 Å². The molecule has 2 heterocycles. The largest absolute Gasteiger partial charge is 0.507 e. The molecule has 2 N–H and O–H groups in total. The molecule has 1 aromatic carbocycles. The van der Waals surface area contributed by atoms with Crippen LogP contribution < -0.4 is 4.74 Å². The summed E-state index contributed by atoms with van der Waals surface area (Å²) in [4.78, 5) is 2.40. The second-order valence-electron chi connectivity index (χ2n) is 6.93. The van der Waals surface area contributed by atoms with Gasteiger partial charge in [-0.15, -0.1) is 0 Å². The monoisotopic (exact) mass is 329 g/mol. The Kier molecular flexibility index (Phi) is 5.09. The van der Waals surface area contributed by atoms with Gasteiger partial charge in [0.2, 0.25) is 0 Å². The molecule has 1 atom stereocenters. The van der Waals surface area contributed by atoms with Crippen LogP contribution in [0, 0.1) is 0 Å². The van der Waals surface area contributed by atoms with Gasteiger partial charge in [-0.25, -0.2) is 0 Å². The number of rotatable bonds is 5. The number of aromatic hydroxyl groups is 1. The van der Waals surface area contributed by atoms with Gasteiger partial charge in [0.15, 0.2) is 0 Å². The van der Waals surface area contributed by atoms with Gasteiger partial charge in [0.25, 0.3) is 0 Å². The second-order valence-corrected chi connectivity index (χ2v) is 6.93. The third-order valence-corrected chi connectivity index (χ3v) is 4.95. The summed E-state index contributed by atoms with van der Waals surface area (Å²) in [6.45, 7) is 7.14. The molecule has 0 radical (unpaired) electrons. The average Bonchev–Trinajstić information content (AvgIpc) is 3.07. The van der Waals surface area contributed by atoms with E-state index in [-0.39, 0.29) is 0 Å². The highest BCUT2D eigenvalue weighted by atomic mass is 16.5. The van der Waals surface area contributed by atoms with Crippen LogP contribution in [0.4, 0.5) is 0 Å². The van der Waals surface area contributed by atoms with Crippen molar-refractivity contribution in [2.75, 3.05) is 20.2 Å². The minimum absolute atomic E-state index is 0.306. The Labute approximate surface area is 143 Å². The molecule has 1 saturated heterocycles. The Morgan fingerprint density at radius 3 is 3.00 bits per heavy atom. The van der Waals surface area contributed by atoms with Gasteiger partial charge >= 0.3 is 0 Å². The van der Waals surface area contributed by atoms with E-state index in [9.17, 15) is 5.11 Å². The molecule has 2 aromatic rings. The quantitative estimate of drug-likeness (QED) is 0.879. The molecule has 5 nitrogen and oxygen atoms in total. The topological polar surface area (TPSA) is 61.4 Å². The van der Waals surface area contributed by atoms with Crippen LogP contribution in [0.1, 0.15) is 55.3 Å². The lowest BCUT2D eigenvalue weighted by molar-refractivity contribution is 0.193. The minimum Gasteiger partial charge on any atom is -0.507 e. The molecule has 0 unspecified atom stereocenters. The molecular weight excluding hydrogens is 302 g/mol. The van der Waals surface area contributed by atoms with E-state index < -0.39 is 0 Å². The number of phenols is 1. The van der Waals surface area contributed by atoms with Crippen molar-refractivity contribution in [1.82, 2.24) is 15.1 Å². The summed E-state index contributed by atoms with van der Waals surface area (Å²) in [5.74, 6) is 2.00. The third-order valence-electron chi connectivity index (χ3n) is 4.95. The van der Waals surface area contributed by atoms with Crippen LogP contribution >= 0.6 is 0 Å². The zero-order valence-electron chi connectivity index (χ0n) is 14.7. The van der Waals surface area contributed by atoms with E-state index in [1.54, 1.807) is 13.2 Å². The molecule has 0 saturated carbocycles. The highest BCUT2D eigenvalue weighted by Crippen LogP contribution is 2.34. The maximum absolute atomic E-state index is 10.2. The van der Waals surface area contributed by atoms with Crippen LogP contribution in [0.3, 0.4) is 0 Å². The number of H-pyrrole nitrogens is 1. The Balaban J connectivity index is 1.76. The van der Waals surface area contributed by atoms with E-state index in [1.807, 2.05) is 18.3 Å². The number of hydrogen-bond donors (Lipinski definition) is 2. The van der Waals surface area contributed by atoms with E-state index in [0.29, 0.717) is 24.1 Å². The number of benzene rings is 1. The number of piperidine rings is 1. The van der Waals surface area contributed by atoms with Gasteiger partial charge in [-0.1, -0.05) is 19.9 Å². The molecule has 130 valence electrons. The predicted molar refractivity (Wildman–Crippen MR) is 94.6 cm³/mol. The van der Waals surface area contributed by atoms with Gasteiger partial charge < -0.3 is 9.84 Å². The van der Waals surface area contributed by atoms with Crippen LogP contribution in [0.25, 0.3) is 0 Å². The molecule has 3 rings (SSSR count). The van der Waals surface area contributed by atoms with Gasteiger partial charge in [0, 0.05) is 30.3 Å². The number of nitrogens with zero attached hydrogens (tertiary/aromatic N) is 2. The van der Waals surface area contributed by atoms with Crippen LogP contribution in [0.5, 0.6) is 11.5 Å². The third kappa shape index (κ3) is 3.41. The first-order valence-electron chi connectivity index (χ1n) is 8.70. The molecule has 0 bridgehead atoms. The lowest BCUT2D eigenvalue weighted by Gasteiger charge is -2.33. The number of aromatic amines is 1. The molecule has 1 aliphatic heterocycles. The van der Waals surface area contributed by atoms with Gasteiger partial charge in [-0.3, -0.25) is 10.00 Å². The van der Waals surface area contributed by atoms with E-state index in [0.717, 1.165) is 30.8 Å². The molecule has 0 aliphatic carbocycles. The molecule has 5 heteroatoms. The van der Waals surface area contributed by atoms with E-state index in [4.69, 9.17) is 4.74 Å². The summed E-state index contributed by atoms with van der Waals surface area (Å²) in [6, 6.07) is 5.45. The maximum atomic E-state index is 10.2. The average molecular weight is 329 g/mol. The molecule has 0 amide bonds. The molecule has 24 heavy (non-hydrogen) atoms. The Hall–Kier alpha value is -2.01. The number of ether oxygens (including phenoxy) is 1. The van der Waals surface area contributed by atoms with Gasteiger partial charge in [0.1, 0.15) is 11.5 Å². The lowest BCUT2D eigenvalue weighted by atomic mass is 9.89. The van der Waals surface area contributed by atoms with Gasteiger partial charge in [-0.2, -0.15) is 5.10 Å². The van der Waals surface area contributed by atoms with Crippen molar-refractivity contribution in [2.24, 2.45) is 0 Å². The Morgan fingerprint density at radius 1 is 1.42 bits per heavy atom. The fraction of sp³-hybridized carbons (Fsp3) is 0.526. The summed E-state index contributed by atoms with van der Waals surface area (Å²) < 4.78 is 5.41. The van der Waals surface area contributed by atoms with E-state index >= 15 is 0 Å². The van der Waals surface area contributed by atoms with Crippen molar-refractivity contribution in [3.8, 4) is 11.5 Å². The number of hydrogen-bond acceptors (Lipinski definition) is 4. The van der Waals surface area contributed by atoms with Crippen molar-refractivity contribution in [3.05, 3.63) is 41.2 Å². The predicted octanol–water partition coefficient (Wildman–Crippen LogP) is 3.63.